The molecular weight excluding hydrogens is 588 g/mol. The van der Waals surface area contributed by atoms with E-state index in [1.165, 1.54) is 0 Å². The fraction of sp³-hybridized carbons (Fsp3) is 0. The lowest BCUT2D eigenvalue weighted by Gasteiger charge is -1.96. The van der Waals surface area contributed by atoms with Crippen LogP contribution in [0, 0.1) is 40.5 Å². The summed E-state index contributed by atoms with van der Waals surface area (Å²) in [5, 5.41) is 49.6. The minimum absolute atomic E-state index is 0.268. The van der Waals surface area contributed by atoms with Crippen molar-refractivity contribution < 1.29 is 29.3 Å². The summed E-state index contributed by atoms with van der Waals surface area (Å²) in [4.78, 5) is 67.4. The van der Waals surface area contributed by atoms with E-state index in [1.807, 2.05) is 0 Å². The molecule has 2 amide bonds. The number of nitrogens with zero attached hydrogens (tertiary/aromatic N) is 8. The molecule has 2 aromatic heterocycles. The van der Waals surface area contributed by atoms with Crippen molar-refractivity contribution >= 4 is 45.9 Å². The number of pyridine rings is 2. The molecule has 0 atom stereocenters. The fourth-order valence-electron chi connectivity index (χ4n) is 2.83. The summed E-state index contributed by atoms with van der Waals surface area (Å²) < 4.78 is 0. The van der Waals surface area contributed by atoms with Gasteiger partial charge in [0, 0.05) is 49.1 Å². The van der Waals surface area contributed by atoms with Crippen molar-refractivity contribution in [3.8, 4) is 0 Å². The number of nitro benzene ring substituents is 4. The van der Waals surface area contributed by atoms with Gasteiger partial charge >= 0.3 is 0 Å². The Morgan fingerprint density at radius 2 is 0.773 bits per heavy atom. The lowest BCUT2D eigenvalue weighted by atomic mass is 10.1. The Hall–Kier alpha value is -7.12. The van der Waals surface area contributed by atoms with E-state index in [2.05, 4.69) is 20.2 Å². The van der Waals surface area contributed by atoms with Gasteiger partial charge in [-0.05, 0) is 24.3 Å². The van der Waals surface area contributed by atoms with Crippen molar-refractivity contribution in [2.75, 3.05) is 0 Å². The second kappa shape index (κ2) is 15.6. The number of nitro groups is 4. The lowest BCUT2D eigenvalue weighted by Crippen LogP contribution is -2.11. The number of aromatic nitrogens is 2. The van der Waals surface area contributed by atoms with Crippen LogP contribution in [0.2, 0.25) is 0 Å². The predicted octanol–water partition coefficient (Wildman–Crippen LogP) is 4.10. The molecule has 0 saturated heterocycles. The number of carbonyl (C=O) groups is 2. The number of nitrogens with two attached hydrogens (primary N) is 2. The maximum Gasteiger partial charge on any atom is 0.277 e. The number of primary amides is 2. The van der Waals surface area contributed by atoms with Gasteiger partial charge in [-0.3, -0.25) is 60.0 Å². The van der Waals surface area contributed by atoms with E-state index in [9.17, 15) is 50.0 Å². The Balaban J connectivity index is 0.000000230. The zero-order valence-corrected chi connectivity index (χ0v) is 21.9. The molecule has 0 fully saturated rings. The van der Waals surface area contributed by atoms with Crippen LogP contribution in [-0.4, -0.2) is 41.5 Å². The molecule has 0 spiro atoms. The minimum Gasteiger partial charge on any atom is -0.366 e. The third-order valence-corrected chi connectivity index (χ3v) is 4.82. The van der Waals surface area contributed by atoms with Crippen molar-refractivity contribution in [3.05, 3.63) is 137 Å². The molecule has 0 radical (unpaired) electrons. The van der Waals surface area contributed by atoms with Crippen molar-refractivity contribution in [3.63, 3.8) is 0 Å². The van der Waals surface area contributed by atoms with Gasteiger partial charge in [0.1, 0.15) is 0 Å². The smallest absolute Gasteiger partial charge is 0.277 e. The van der Waals surface area contributed by atoms with Crippen LogP contribution in [0.5, 0.6) is 0 Å². The Morgan fingerprint density at radius 3 is 0.977 bits per heavy atom. The average molecular weight is 606 g/mol. The largest absolute Gasteiger partial charge is 0.366 e. The summed E-state index contributed by atoms with van der Waals surface area (Å²) in [5.74, 6) is -1.91. The molecule has 0 aliphatic heterocycles. The Bertz CT molecular complexity index is 1450. The van der Waals surface area contributed by atoms with Gasteiger partial charge in [-0.25, -0.2) is 0 Å². The Kier molecular flexibility index (Phi) is 11.7. The summed E-state index contributed by atoms with van der Waals surface area (Å²) in [6, 6.07) is 12.2. The molecule has 0 unspecified atom stereocenters. The molecule has 0 bridgehead atoms. The fourth-order valence-corrected chi connectivity index (χ4v) is 2.83. The summed E-state index contributed by atoms with van der Waals surface area (Å²) in [5.41, 5.74) is 8.60. The molecule has 224 valence electrons. The van der Waals surface area contributed by atoms with Crippen molar-refractivity contribution in [2.24, 2.45) is 21.7 Å². The molecule has 4 rings (SSSR count). The monoisotopic (exact) mass is 606 g/mol. The summed E-state index contributed by atoms with van der Waals surface area (Å²) >= 11 is 0. The van der Waals surface area contributed by atoms with Gasteiger partial charge < -0.3 is 11.5 Å². The van der Waals surface area contributed by atoms with Gasteiger partial charge in [-0.1, -0.05) is 0 Å². The maximum absolute atomic E-state index is 10.7. The standard InChI is InChI=1S/C10H8N4.2C7H5N3O5/c1-5-11-6-2-9(1)13-14-10-3-7-12-8-4-10;2*8-7(11)4-1-5(9(12)13)3-6(2-4)10(14)15/h1-8H;2*1-3H,(H2,8,11). The van der Waals surface area contributed by atoms with Gasteiger partial charge in [-0.15, -0.1) is 0 Å². The first-order chi connectivity index (χ1) is 20.8. The second-order valence-corrected chi connectivity index (χ2v) is 7.84. The highest BCUT2D eigenvalue weighted by atomic mass is 16.6. The first-order valence-electron chi connectivity index (χ1n) is 11.5. The molecular formula is C24H18N10O10. The third-order valence-electron chi connectivity index (χ3n) is 4.82. The topological polar surface area (TPSA) is 309 Å². The number of hydrogen-bond acceptors (Lipinski definition) is 14. The molecule has 0 aliphatic rings. The molecule has 2 heterocycles. The average Bonchev–Trinajstić information content (AvgIpc) is 3.01. The van der Waals surface area contributed by atoms with Crippen LogP contribution < -0.4 is 11.5 Å². The van der Waals surface area contributed by atoms with Crippen LogP contribution in [0.3, 0.4) is 0 Å². The molecule has 20 heteroatoms. The van der Waals surface area contributed by atoms with Crippen LogP contribution >= 0.6 is 0 Å². The van der Waals surface area contributed by atoms with Crippen molar-refractivity contribution in [1.29, 1.82) is 0 Å². The first kappa shape index (κ1) is 33.1. The van der Waals surface area contributed by atoms with Crippen LogP contribution in [0.15, 0.2) is 95.7 Å². The van der Waals surface area contributed by atoms with Crippen LogP contribution in [0.1, 0.15) is 20.7 Å². The van der Waals surface area contributed by atoms with Crippen LogP contribution in [0.25, 0.3) is 0 Å². The third kappa shape index (κ3) is 10.5. The zero-order valence-electron chi connectivity index (χ0n) is 21.9. The highest BCUT2D eigenvalue weighted by Gasteiger charge is 2.19. The molecule has 0 saturated carbocycles. The predicted molar refractivity (Wildman–Crippen MR) is 149 cm³/mol. The van der Waals surface area contributed by atoms with Crippen molar-refractivity contribution in [2.45, 2.75) is 0 Å². The van der Waals surface area contributed by atoms with E-state index in [4.69, 9.17) is 11.5 Å². The van der Waals surface area contributed by atoms with E-state index in [-0.39, 0.29) is 11.1 Å². The lowest BCUT2D eigenvalue weighted by molar-refractivity contribution is -0.394. The molecule has 0 aliphatic carbocycles. The van der Waals surface area contributed by atoms with Gasteiger partial charge in [0.15, 0.2) is 0 Å². The van der Waals surface area contributed by atoms with E-state index in [0.29, 0.717) is 0 Å². The molecule has 4 aromatic rings. The molecule has 20 nitrogen and oxygen atoms in total. The zero-order chi connectivity index (χ0) is 32.8. The Morgan fingerprint density at radius 1 is 0.523 bits per heavy atom. The quantitative estimate of drug-likeness (QED) is 0.163. The highest BCUT2D eigenvalue weighted by Crippen LogP contribution is 2.23. The second-order valence-electron chi connectivity index (χ2n) is 7.84. The van der Waals surface area contributed by atoms with Gasteiger partial charge in [0.05, 0.1) is 54.3 Å². The van der Waals surface area contributed by atoms with Crippen LogP contribution in [0.4, 0.5) is 34.1 Å². The summed E-state index contributed by atoms with van der Waals surface area (Å²) in [6.07, 6.45) is 6.73. The van der Waals surface area contributed by atoms with Crippen LogP contribution in [-0.2, 0) is 0 Å². The number of carbonyl (C=O) groups excluding carboxylic acids is 2. The van der Waals surface area contributed by atoms with E-state index < -0.39 is 54.3 Å². The number of hydrogen-bond donors (Lipinski definition) is 2. The number of non-ortho nitro benzene ring substituents is 4. The summed E-state index contributed by atoms with van der Waals surface area (Å²) in [6.45, 7) is 0. The normalized spacial score (nSPS) is 9.91. The Labute approximate surface area is 244 Å². The molecule has 2 aromatic carbocycles. The number of amides is 2. The van der Waals surface area contributed by atoms with E-state index >= 15 is 0 Å². The number of azo groups is 1. The SMILES string of the molecule is NC(=O)c1cc([N+](=O)[O-])cc([N+](=O)[O-])c1.NC(=O)c1cc([N+](=O)[O-])cc([N+](=O)[O-])c1.c1cc(N=Nc2ccncc2)ccn1. The number of rotatable bonds is 8. The van der Waals surface area contributed by atoms with Crippen molar-refractivity contribution in [1.82, 2.24) is 9.97 Å². The molecule has 44 heavy (non-hydrogen) atoms. The molecule has 4 N–H and O–H groups in total. The minimum atomic E-state index is -0.957. The van der Waals surface area contributed by atoms with Gasteiger partial charge in [0.2, 0.25) is 11.8 Å². The first-order valence-corrected chi connectivity index (χ1v) is 11.5. The summed E-state index contributed by atoms with van der Waals surface area (Å²) in [7, 11) is 0. The maximum atomic E-state index is 10.7. The van der Waals surface area contributed by atoms with Gasteiger partial charge in [0.25, 0.3) is 22.7 Å². The number of benzene rings is 2. The van der Waals surface area contributed by atoms with E-state index in [0.717, 1.165) is 47.8 Å². The van der Waals surface area contributed by atoms with Gasteiger partial charge in [-0.2, -0.15) is 10.2 Å². The highest BCUT2D eigenvalue weighted by molar-refractivity contribution is 5.94. The van der Waals surface area contributed by atoms with E-state index in [1.54, 1.807) is 49.1 Å².